The van der Waals surface area contributed by atoms with E-state index in [2.05, 4.69) is 13.8 Å². The Labute approximate surface area is 80.4 Å². The van der Waals surface area contributed by atoms with Crippen LogP contribution in [-0.2, 0) is 4.74 Å². The molecule has 1 rings (SSSR count). The maximum Gasteiger partial charge on any atom is 0.0519 e. The largest absolute Gasteiger partial charge is 0.378 e. The fraction of sp³-hybridized carbons (Fsp3) is 1.00. The first-order valence-electron chi connectivity index (χ1n) is 4.96. The molecular weight excluding hydrogens is 172 g/mol. The Morgan fingerprint density at radius 2 is 2.00 bits per heavy atom. The second-order valence-corrected chi connectivity index (χ2v) is 4.50. The SMILES string of the molecule is CC(C)OCC1CCCCC1Cl. The summed E-state index contributed by atoms with van der Waals surface area (Å²) in [5, 5.41) is 0.359. The lowest BCUT2D eigenvalue weighted by Gasteiger charge is -2.27. The van der Waals surface area contributed by atoms with Gasteiger partial charge in [0.1, 0.15) is 0 Å². The molecule has 1 fully saturated rings. The molecule has 72 valence electrons. The number of ether oxygens (including phenoxy) is 1. The monoisotopic (exact) mass is 190 g/mol. The summed E-state index contributed by atoms with van der Waals surface area (Å²) in [4.78, 5) is 0. The summed E-state index contributed by atoms with van der Waals surface area (Å²) in [7, 11) is 0. The molecule has 0 saturated heterocycles. The number of hydrogen-bond donors (Lipinski definition) is 0. The van der Waals surface area contributed by atoms with Crippen molar-refractivity contribution >= 4 is 11.6 Å². The smallest absolute Gasteiger partial charge is 0.0519 e. The van der Waals surface area contributed by atoms with Crippen LogP contribution in [0.15, 0.2) is 0 Å². The van der Waals surface area contributed by atoms with Crippen LogP contribution in [0.3, 0.4) is 0 Å². The second kappa shape index (κ2) is 5.08. The maximum absolute atomic E-state index is 6.19. The Bertz CT molecular complexity index is 125. The van der Waals surface area contributed by atoms with E-state index in [1.165, 1.54) is 25.7 Å². The van der Waals surface area contributed by atoms with Gasteiger partial charge in [-0.25, -0.2) is 0 Å². The molecule has 1 aliphatic rings. The van der Waals surface area contributed by atoms with Crippen LogP contribution >= 0.6 is 11.6 Å². The Balaban J connectivity index is 2.20. The van der Waals surface area contributed by atoms with Crippen LogP contribution in [0.1, 0.15) is 39.5 Å². The average Bonchev–Trinajstić information content (AvgIpc) is 2.03. The van der Waals surface area contributed by atoms with Crippen LogP contribution in [0.2, 0.25) is 0 Å². The first-order valence-corrected chi connectivity index (χ1v) is 5.39. The highest BCUT2D eigenvalue weighted by atomic mass is 35.5. The summed E-state index contributed by atoms with van der Waals surface area (Å²) in [6.45, 7) is 5.00. The fourth-order valence-corrected chi connectivity index (χ4v) is 2.02. The summed E-state index contributed by atoms with van der Waals surface area (Å²) in [6, 6.07) is 0. The molecule has 2 atom stereocenters. The zero-order valence-corrected chi connectivity index (χ0v) is 8.81. The molecule has 1 aliphatic carbocycles. The molecule has 0 radical (unpaired) electrons. The van der Waals surface area contributed by atoms with E-state index in [0.29, 0.717) is 17.4 Å². The Hall–Kier alpha value is 0.250. The van der Waals surface area contributed by atoms with Gasteiger partial charge in [-0.3, -0.25) is 0 Å². The molecule has 12 heavy (non-hydrogen) atoms. The third-order valence-electron chi connectivity index (χ3n) is 2.46. The molecule has 2 unspecified atom stereocenters. The summed E-state index contributed by atoms with van der Waals surface area (Å²) in [5.74, 6) is 0.600. The van der Waals surface area contributed by atoms with Gasteiger partial charge in [-0.05, 0) is 32.6 Å². The molecule has 0 aromatic rings. The summed E-state index contributed by atoms with van der Waals surface area (Å²) in [6.07, 6.45) is 5.40. The minimum atomic E-state index is 0.343. The van der Waals surface area contributed by atoms with E-state index in [1.807, 2.05) is 0 Å². The van der Waals surface area contributed by atoms with Crippen molar-refractivity contribution in [2.45, 2.75) is 51.0 Å². The lowest BCUT2D eigenvalue weighted by Crippen LogP contribution is -2.25. The van der Waals surface area contributed by atoms with E-state index in [0.717, 1.165) is 6.61 Å². The van der Waals surface area contributed by atoms with E-state index in [9.17, 15) is 0 Å². The Morgan fingerprint density at radius 3 is 2.58 bits per heavy atom. The number of rotatable bonds is 3. The molecule has 0 bridgehead atoms. The predicted octanol–water partition coefficient (Wildman–Crippen LogP) is 3.21. The van der Waals surface area contributed by atoms with Gasteiger partial charge in [0, 0.05) is 5.38 Å². The van der Waals surface area contributed by atoms with E-state index >= 15 is 0 Å². The molecule has 0 heterocycles. The second-order valence-electron chi connectivity index (χ2n) is 3.94. The molecule has 1 nitrogen and oxygen atoms in total. The highest BCUT2D eigenvalue weighted by molar-refractivity contribution is 6.20. The van der Waals surface area contributed by atoms with Gasteiger partial charge < -0.3 is 4.74 Å². The number of hydrogen-bond acceptors (Lipinski definition) is 1. The summed E-state index contributed by atoms with van der Waals surface area (Å²) >= 11 is 6.19. The van der Waals surface area contributed by atoms with E-state index < -0.39 is 0 Å². The Morgan fingerprint density at radius 1 is 1.33 bits per heavy atom. The van der Waals surface area contributed by atoms with Gasteiger partial charge >= 0.3 is 0 Å². The fourth-order valence-electron chi connectivity index (χ4n) is 1.67. The zero-order valence-electron chi connectivity index (χ0n) is 8.05. The van der Waals surface area contributed by atoms with Crippen LogP contribution in [0.4, 0.5) is 0 Å². The average molecular weight is 191 g/mol. The van der Waals surface area contributed by atoms with Gasteiger partial charge in [-0.1, -0.05) is 12.8 Å². The van der Waals surface area contributed by atoms with Gasteiger partial charge in [-0.2, -0.15) is 0 Å². The standard InChI is InChI=1S/C10H19ClO/c1-8(2)12-7-9-5-3-4-6-10(9)11/h8-10H,3-7H2,1-2H3. The number of alkyl halides is 1. The van der Waals surface area contributed by atoms with Gasteiger partial charge in [0.2, 0.25) is 0 Å². The molecule has 0 aromatic heterocycles. The van der Waals surface area contributed by atoms with Crippen molar-refractivity contribution in [1.82, 2.24) is 0 Å². The minimum Gasteiger partial charge on any atom is -0.378 e. The minimum absolute atomic E-state index is 0.343. The zero-order chi connectivity index (χ0) is 8.97. The molecular formula is C10H19ClO. The van der Waals surface area contributed by atoms with Crippen LogP contribution in [0.25, 0.3) is 0 Å². The van der Waals surface area contributed by atoms with Crippen molar-refractivity contribution in [3.8, 4) is 0 Å². The highest BCUT2D eigenvalue weighted by Gasteiger charge is 2.23. The van der Waals surface area contributed by atoms with Crippen molar-refractivity contribution in [2.75, 3.05) is 6.61 Å². The lowest BCUT2D eigenvalue weighted by molar-refractivity contribution is 0.0426. The van der Waals surface area contributed by atoms with Crippen molar-refractivity contribution in [3.63, 3.8) is 0 Å². The van der Waals surface area contributed by atoms with Crippen molar-refractivity contribution in [2.24, 2.45) is 5.92 Å². The van der Waals surface area contributed by atoms with E-state index in [1.54, 1.807) is 0 Å². The quantitative estimate of drug-likeness (QED) is 0.621. The molecule has 0 aromatic carbocycles. The molecule has 0 aliphatic heterocycles. The Kier molecular flexibility index (Phi) is 4.38. The van der Waals surface area contributed by atoms with Gasteiger partial charge in [0.05, 0.1) is 12.7 Å². The lowest BCUT2D eigenvalue weighted by atomic mass is 9.89. The molecule has 2 heteroatoms. The van der Waals surface area contributed by atoms with Crippen LogP contribution < -0.4 is 0 Å². The van der Waals surface area contributed by atoms with Crippen LogP contribution in [0.5, 0.6) is 0 Å². The van der Waals surface area contributed by atoms with Gasteiger partial charge in [-0.15, -0.1) is 11.6 Å². The van der Waals surface area contributed by atoms with Crippen LogP contribution in [0, 0.1) is 5.92 Å². The first kappa shape index (κ1) is 10.3. The summed E-state index contributed by atoms with van der Waals surface area (Å²) in [5.41, 5.74) is 0. The van der Waals surface area contributed by atoms with E-state index in [4.69, 9.17) is 16.3 Å². The van der Waals surface area contributed by atoms with Gasteiger partial charge in [0.15, 0.2) is 0 Å². The number of halogens is 1. The molecule has 0 spiro atoms. The van der Waals surface area contributed by atoms with E-state index in [-0.39, 0.29) is 0 Å². The molecule has 0 N–H and O–H groups in total. The van der Waals surface area contributed by atoms with Crippen molar-refractivity contribution in [1.29, 1.82) is 0 Å². The first-order chi connectivity index (χ1) is 5.70. The van der Waals surface area contributed by atoms with Crippen LogP contribution in [-0.4, -0.2) is 18.1 Å². The topological polar surface area (TPSA) is 9.23 Å². The molecule has 0 amide bonds. The maximum atomic E-state index is 6.19. The van der Waals surface area contributed by atoms with Gasteiger partial charge in [0.25, 0.3) is 0 Å². The third-order valence-corrected chi connectivity index (χ3v) is 3.03. The molecule has 1 saturated carbocycles. The third kappa shape index (κ3) is 3.32. The van der Waals surface area contributed by atoms with Crippen molar-refractivity contribution < 1.29 is 4.74 Å². The normalized spacial score (nSPS) is 31.0. The van der Waals surface area contributed by atoms with Crippen molar-refractivity contribution in [3.05, 3.63) is 0 Å². The highest BCUT2D eigenvalue weighted by Crippen LogP contribution is 2.28. The predicted molar refractivity (Wildman–Crippen MR) is 52.7 cm³/mol. The summed E-state index contributed by atoms with van der Waals surface area (Å²) < 4.78 is 5.57.